The highest BCUT2D eigenvalue weighted by molar-refractivity contribution is 5.07. The molecule has 0 amide bonds. The maximum Gasteiger partial charge on any atom is 0.572 e. The Labute approximate surface area is 223 Å². The van der Waals surface area contributed by atoms with Gasteiger partial charge in [0.2, 0.25) is 5.82 Å². The average molecular weight is 573 g/mol. The first-order chi connectivity index (χ1) is 18.4. The van der Waals surface area contributed by atoms with Gasteiger partial charge in [0.05, 0.1) is 18.6 Å². The Hall–Kier alpha value is -1.99. The average Bonchev–Trinajstić information content (AvgIpc) is 2.87. The minimum atomic E-state index is -4.85. The minimum Gasteiger partial charge on any atom is -0.411 e. The van der Waals surface area contributed by atoms with Crippen LogP contribution in [-0.4, -0.2) is 41.4 Å². The van der Waals surface area contributed by atoms with Crippen molar-refractivity contribution in [2.45, 2.75) is 115 Å². The molecule has 0 spiro atoms. The van der Waals surface area contributed by atoms with E-state index in [0.717, 1.165) is 37.3 Å². The van der Waals surface area contributed by atoms with Crippen LogP contribution in [0.15, 0.2) is 24.2 Å². The molecule has 0 bridgehead atoms. The van der Waals surface area contributed by atoms with Crippen molar-refractivity contribution in [2.24, 2.45) is 5.92 Å². The summed E-state index contributed by atoms with van der Waals surface area (Å²) in [5, 5.41) is 0. The number of hydrogen-bond donors (Lipinski definition) is 0. The summed E-state index contributed by atoms with van der Waals surface area (Å²) in [5.74, 6) is -2.61. The summed E-state index contributed by atoms with van der Waals surface area (Å²) in [6, 6.07) is 0. The van der Waals surface area contributed by atoms with Gasteiger partial charge in [-0.05, 0) is 50.2 Å². The SMILES string of the molecule is CCCCCCCCc1cnc(C(F)(F)OC2CCC(C(F)(F)OC3CC=C(OC(F)(F)F)CC3)CO2)nc1. The van der Waals surface area contributed by atoms with Gasteiger partial charge in [0.25, 0.3) is 0 Å². The molecular formula is C26H35F7N2O4. The zero-order valence-electron chi connectivity index (χ0n) is 21.8. The van der Waals surface area contributed by atoms with Gasteiger partial charge in [0.15, 0.2) is 6.29 Å². The fourth-order valence-electron chi connectivity index (χ4n) is 4.50. The van der Waals surface area contributed by atoms with Crippen molar-refractivity contribution in [1.29, 1.82) is 0 Å². The van der Waals surface area contributed by atoms with Gasteiger partial charge in [-0.1, -0.05) is 39.0 Å². The molecule has 0 aromatic carbocycles. The van der Waals surface area contributed by atoms with E-state index >= 15 is 0 Å². The Kier molecular flexibility index (Phi) is 11.4. The number of aryl methyl sites for hydroxylation is 1. The summed E-state index contributed by atoms with van der Waals surface area (Å²) in [5.41, 5.74) is 0.738. The van der Waals surface area contributed by atoms with Gasteiger partial charge in [-0.25, -0.2) is 9.97 Å². The van der Waals surface area contributed by atoms with Crippen molar-refractivity contribution < 1.29 is 49.7 Å². The Balaban J connectivity index is 1.41. The number of rotatable bonds is 14. The number of allylic oxidation sites excluding steroid dienone is 1. The lowest BCUT2D eigenvalue weighted by Crippen LogP contribution is -2.43. The summed E-state index contributed by atoms with van der Waals surface area (Å²) in [4.78, 5) is 7.46. The van der Waals surface area contributed by atoms with Crippen LogP contribution in [0.4, 0.5) is 30.7 Å². The predicted molar refractivity (Wildman–Crippen MR) is 125 cm³/mol. The molecule has 13 heteroatoms. The van der Waals surface area contributed by atoms with E-state index in [2.05, 4.69) is 21.6 Å². The first-order valence-electron chi connectivity index (χ1n) is 13.4. The van der Waals surface area contributed by atoms with Crippen molar-refractivity contribution in [2.75, 3.05) is 6.61 Å². The molecule has 39 heavy (non-hydrogen) atoms. The second-order valence-corrected chi connectivity index (χ2v) is 9.90. The Morgan fingerprint density at radius 2 is 1.59 bits per heavy atom. The van der Waals surface area contributed by atoms with Crippen molar-refractivity contribution >= 4 is 0 Å². The first kappa shape index (κ1) is 31.5. The molecule has 1 aliphatic carbocycles. The topological polar surface area (TPSA) is 62.7 Å². The molecule has 0 radical (unpaired) electrons. The van der Waals surface area contributed by atoms with E-state index in [9.17, 15) is 30.7 Å². The number of unbranched alkanes of at least 4 members (excludes halogenated alkanes) is 5. The van der Waals surface area contributed by atoms with Crippen molar-refractivity contribution in [1.82, 2.24) is 9.97 Å². The normalized spacial score (nSPS) is 23.0. The third kappa shape index (κ3) is 10.5. The molecular weight excluding hydrogens is 537 g/mol. The summed E-state index contributed by atoms with van der Waals surface area (Å²) >= 11 is 0. The molecule has 3 unspecified atom stereocenters. The van der Waals surface area contributed by atoms with E-state index in [1.54, 1.807) is 0 Å². The van der Waals surface area contributed by atoms with Crippen LogP contribution in [0.1, 0.15) is 88.9 Å². The van der Waals surface area contributed by atoms with Gasteiger partial charge >= 0.3 is 18.6 Å². The summed E-state index contributed by atoms with van der Waals surface area (Å²) < 4.78 is 114. The molecule has 6 nitrogen and oxygen atoms in total. The lowest BCUT2D eigenvalue weighted by atomic mass is 9.99. The standard InChI is InChI=1S/C26H35F7N2O4/c1-2-3-4-5-6-7-8-18-15-34-23(35-16-18)25(29,30)39-22-14-9-19(17-36-22)24(27,28)37-20-10-12-21(13-11-20)38-26(31,32)33/h12,15-16,19-20,22H,2-11,13-14,17H2,1H3. The minimum absolute atomic E-state index is 0.0826. The van der Waals surface area contributed by atoms with Crippen molar-refractivity contribution in [3.8, 4) is 0 Å². The molecule has 3 atom stereocenters. The fourth-order valence-corrected chi connectivity index (χ4v) is 4.50. The van der Waals surface area contributed by atoms with Crippen LogP contribution in [0.25, 0.3) is 0 Å². The summed E-state index contributed by atoms with van der Waals surface area (Å²) in [6.45, 7) is 1.54. The second kappa shape index (κ2) is 14.1. The van der Waals surface area contributed by atoms with Crippen LogP contribution < -0.4 is 0 Å². The van der Waals surface area contributed by atoms with Crippen molar-refractivity contribution in [3.05, 3.63) is 35.6 Å². The third-order valence-corrected chi connectivity index (χ3v) is 6.67. The van der Waals surface area contributed by atoms with Crippen LogP contribution in [0, 0.1) is 5.92 Å². The highest BCUT2D eigenvalue weighted by atomic mass is 19.4. The van der Waals surface area contributed by atoms with Gasteiger partial charge < -0.3 is 14.2 Å². The number of alkyl halides is 7. The largest absolute Gasteiger partial charge is 0.572 e. The van der Waals surface area contributed by atoms with Crippen LogP contribution in [0.2, 0.25) is 0 Å². The first-order valence-corrected chi connectivity index (χ1v) is 13.4. The Bertz CT molecular complexity index is 905. The predicted octanol–water partition coefficient (Wildman–Crippen LogP) is 7.78. The highest BCUT2D eigenvalue weighted by Gasteiger charge is 2.48. The molecule has 1 aromatic rings. The summed E-state index contributed by atoms with van der Waals surface area (Å²) in [6.07, 6.45) is -4.74. The maximum atomic E-state index is 14.7. The van der Waals surface area contributed by atoms with E-state index in [4.69, 9.17) is 14.2 Å². The monoisotopic (exact) mass is 572 g/mol. The summed E-state index contributed by atoms with van der Waals surface area (Å²) in [7, 11) is 0. The number of nitrogens with zero attached hydrogens (tertiary/aromatic N) is 2. The number of halogens is 7. The molecule has 2 heterocycles. The van der Waals surface area contributed by atoms with Gasteiger partial charge in [-0.15, -0.1) is 13.2 Å². The Morgan fingerprint density at radius 3 is 2.18 bits per heavy atom. The maximum absolute atomic E-state index is 14.7. The number of aromatic nitrogens is 2. The molecule has 1 fully saturated rings. The zero-order valence-corrected chi connectivity index (χ0v) is 21.8. The highest BCUT2D eigenvalue weighted by Crippen LogP contribution is 2.39. The fraction of sp³-hybridized carbons (Fsp3) is 0.769. The van der Waals surface area contributed by atoms with Crippen LogP contribution >= 0.6 is 0 Å². The van der Waals surface area contributed by atoms with Gasteiger partial charge in [-0.3, -0.25) is 4.74 Å². The zero-order chi connectivity index (χ0) is 28.5. The second-order valence-electron chi connectivity index (χ2n) is 9.90. The van der Waals surface area contributed by atoms with E-state index in [1.807, 2.05) is 0 Å². The smallest absolute Gasteiger partial charge is 0.411 e. The molecule has 3 rings (SSSR count). The quantitative estimate of drug-likeness (QED) is 0.168. The van der Waals surface area contributed by atoms with Gasteiger partial charge in [0.1, 0.15) is 5.76 Å². The molecule has 222 valence electrons. The lowest BCUT2D eigenvalue weighted by Gasteiger charge is -2.36. The molecule has 1 aromatic heterocycles. The van der Waals surface area contributed by atoms with E-state index in [-0.39, 0.29) is 37.9 Å². The van der Waals surface area contributed by atoms with Crippen LogP contribution in [-0.2, 0) is 31.5 Å². The molecule has 1 saturated heterocycles. The van der Waals surface area contributed by atoms with Crippen LogP contribution in [0.5, 0.6) is 0 Å². The number of ether oxygens (including phenoxy) is 4. The number of hydrogen-bond acceptors (Lipinski definition) is 6. The molecule has 0 saturated carbocycles. The van der Waals surface area contributed by atoms with E-state index in [1.165, 1.54) is 25.2 Å². The van der Waals surface area contributed by atoms with Gasteiger partial charge in [0, 0.05) is 18.8 Å². The molecule has 1 aliphatic heterocycles. The van der Waals surface area contributed by atoms with Crippen LogP contribution in [0.3, 0.4) is 0 Å². The Morgan fingerprint density at radius 1 is 0.897 bits per heavy atom. The van der Waals surface area contributed by atoms with E-state index in [0.29, 0.717) is 6.42 Å². The molecule has 0 N–H and O–H groups in total. The lowest BCUT2D eigenvalue weighted by molar-refractivity contribution is -0.359. The van der Waals surface area contributed by atoms with E-state index < -0.39 is 49.3 Å². The molecule has 2 aliphatic rings. The van der Waals surface area contributed by atoms with Gasteiger partial charge in [-0.2, -0.15) is 17.6 Å². The third-order valence-electron chi connectivity index (χ3n) is 6.67. The van der Waals surface area contributed by atoms with Crippen molar-refractivity contribution in [3.63, 3.8) is 0 Å².